The van der Waals surface area contributed by atoms with Crippen LogP contribution in [0.5, 0.6) is 5.75 Å². The number of carbonyl (C=O) groups excluding carboxylic acids is 1. The number of hydrogen-bond acceptors (Lipinski definition) is 3. The zero-order valence-electron chi connectivity index (χ0n) is 12.2. The van der Waals surface area contributed by atoms with Crippen molar-refractivity contribution in [2.45, 2.75) is 38.1 Å². The average Bonchev–Trinajstić information content (AvgIpc) is 2.99. The van der Waals surface area contributed by atoms with Crippen LogP contribution in [0.25, 0.3) is 0 Å². The fourth-order valence-electron chi connectivity index (χ4n) is 2.57. The summed E-state index contributed by atoms with van der Waals surface area (Å²) in [7, 11) is 1.66. The normalized spacial score (nSPS) is 17.9. The lowest BCUT2D eigenvalue weighted by Gasteiger charge is -2.10. The minimum absolute atomic E-state index is 0.154. The Morgan fingerprint density at radius 3 is 3.15 bits per heavy atom. The molecule has 2 N–H and O–H groups in total. The molecular formula is C16H24N2O2. The van der Waals surface area contributed by atoms with Crippen LogP contribution in [0.2, 0.25) is 0 Å². The Balaban J connectivity index is 1.63. The van der Waals surface area contributed by atoms with Gasteiger partial charge in [0.2, 0.25) is 5.91 Å². The minimum atomic E-state index is 0.154. The molecule has 1 aromatic rings. The molecule has 1 atom stereocenters. The number of methoxy groups -OCH3 is 1. The molecule has 0 spiro atoms. The van der Waals surface area contributed by atoms with Crippen LogP contribution in [0.15, 0.2) is 24.3 Å². The quantitative estimate of drug-likeness (QED) is 0.799. The van der Waals surface area contributed by atoms with Gasteiger partial charge in [0.15, 0.2) is 0 Å². The summed E-state index contributed by atoms with van der Waals surface area (Å²) in [5.41, 5.74) is 1.18. The van der Waals surface area contributed by atoms with Crippen molar-refractivity contribution in [1.29, 1.82) is 0 Å². The van der Waals surface area contributed by atoms with Gasteiger partial charge in [-0.05, 0) is 49.9 Å². The van der Waals surface area contributed by atoms with Gasteiger partial charge in [-0.1, -0.05) is 12.1 Å². The summed E-state index contributed by atoms with van der Waals surface area (Å²) in [6, 6.07) is 8.50. The SMILES string of the molecule is COc1cccc(CCNC(=O)CCC2CCCN2)c1. The molecule has 1 unspecified atom stereocenters. The number of hydrogen-bond donors (Lipinski definition) is 2. The van der Waals surface area contributed by atoms with Crippen LogP contribution >= 0.6 is 0 Å². The van der Waals surface area contributed by atoms with Gasteiger partial charge >= 0.3 is 0 Å². The highest BCUT2D eigenvalue weighted by atomic mass is 16.5. The fourth-order valence-corrected chi connectivity index (χ4v) is 2.57. The molecule has 1 saturated heterocycles. The molecule has 110 valence electrons. The summed E-state index contributed by atoms with van der Waals surface area (Å²) in [6.45, 7) is 1.78. The number of benzene rings is 1. The molecule has 0 bridgehead atoms. The maximum absolute atomic E-state index is 11.7. The number of ether oxygens (including phenoxy) is 1. The average molecular weight is 276 g/mol. The maximum atomic E-state index is 11.7. The van der Waals surface area contributed by atoms with E-state index in [2.05, 4.69) is 16.7 Å². The first-order valence-electron chi connectivity index (χ1n) is 7.41. The minimum Gasteiger partial charge on any atom is -0.497 e. The molecule has 20 heavy (non-hydrogen) atoms. The van der Waals surface area contributed by atoms with E-state index in [1.807, 2.05) is 18.2 Å². The molecule has 1 heterocycles. The van der Waals surface area contributed by atoms with Crippen LogP contribution in [0.1, 0.15) is 31.2 Å². The highest BCUT2D eigenvalue weighted by Crippen LogP contribution is 2.13. The lowest BCUT2D eigenvalue weighted by Crippen LogP contribution is -2.28. The van der Waals surface area contributed by atoms with Crippen LogP contribution in [-0.2, 0) is 11.2 Å². The largest absolute Gasteiger partial charge is 0.497 e. The van der Waals surface area contributed by atoms with Crippen LogP contribution in [0.3, 0.4) is 0 Å². The highest BCUT2D eigenvalue weighted by Gasteiger charge is 2.14. The van der Waals surface area contributed by atoms with Crippen molar-refractivity contribution in [3.05, 3.63) is 29.8 Å². The van der Waals surface area contributed by atoms with Crippen molar-refractivity contribution in [3.63, 3.8) is 0 Å². The second kappa shape index (κ2) is 7.90. The van der Waals surface area contributed by atoms with Gasteiger partial charge in [0.25, 0.3) is 0 Å². The first-order valence-corrected chi connectivity index (χ1v) is 7.41. The Labute approximate surface area is 120 Å². The smallest absolute Gasteiger partial charge is 0.220 e. The Kier molecular flexibility index (Phi) is 5.87. The number of amides is 1. The van der Waals surface area contributed by atoms with Crippen LogP contribution in [0, 0.1) is 0 Å². The molecule has 1 fully saturated rings. The molecule has 0 radical (unpaired) electrons. The monoisotopic (exact) mass is 276 g/mol. The highest BCUT2D eigenvalue weighted by molar-refractivity contribution is 5.75. The molecule has 1 amide bonds. The molecule has 2 rings (SSSR count). The lowest BCUT2D eigenvalue weighted by atomic mass is 10.1. The topological polar surface area (TPSA) is 50.4 Å². The summed E-state index contributed by atoms with van der Waals surface area (Å²) >= 11 is 0. The molecule has 0 aromatic heterocycles. The first-order chi connectivity index (χ1) is 9.78. The Hall–Kier alpha value is -1.55. The van der Waals surface area contributed by atoms with Gasteiger partial charge in [-0.25, -0.2) is 0 Å². The third-order valence-electron chi connectivity index (χ3n) is 3.75. The first kappa shape index (κ1) is 14.9. The Morgan fingerprint density at radius 1 is 1.50 bits per heavy atom. The molecule has 1 aliphatic heterocycles. The van der Waals surface area contributed by atoms with Gasteiger partial charge in [0.05, 0.1) is 7.11 Å². The van der Waals surface area contributed by atoms with E-state index in [9.17, 15) is 4.79 Å². The van der Waals surface area contributed by atoms with E-state index >= 15 is 0 Å². The summed E-state index contributed by atoms with van der Waals surface area (Å²) < 4.78 is 5.18. The molecule has 0 saturated carbocycles. The van der Waals surface area contributed by atoms with Crippen LogP contribution < -0.4 is 15.4 Å². The number of carbonyl (C=O) groups is 1. The van der Waals surface area contributed by atoms with E-state index in [1.54, 1.807) is 7.11 Å². The van der Waals surface area contributed by atoms with Gasteiger partial charge in [-0.15, -0.1) is 0 Å². The fraction of sp³-hybridized carbons (Fsp3) is 0.562. The van der Waals surface area contributed by atoms with Crippen LogP contribution in [-0.4, -0.2) is 32.1 Å². The second-order valence-corrected chi connectivity index (χ2v) is 5.28. The second-order valence-electron chi connectivity index (χ2n) is 5.28. The van der Waals surface area contributed by atoms with Gasteiger partial charge in [0, 0.05) is 19.0 Å². The molecule has 0 aliphatic carbocycles. The van der Waals surface area contributed by atoms with E-state index in [-0.39, 0.29) is 5.91 Å². The Morgan fingerprint density at radius 2 is 2.40 bits per heavy atom. The zero-order valence-corrected chi connectivity index (χ0v) is 12.2. The number of rotatable bonds is 7. The number of nitrogens with one attached hydrogen (secondary N) is 2. The van der Waals surface area contributed by atoms with Gasteiger partial charge in [-0.2, -0.15) is 0 Å². The summed E-state index contributed by atoms with van der Waals surface area (Å²) in [5, 5.41) is 6.40. The van der Waals surface area contributed by atoms with Crippen LogP contribution in [0.4, 0.5) is 0 Å². The van der Waals surface area contributed by atoms with E-state index in [0.29, 0.717) is 19.0 Å². The lowest BCUT2D eigenvalue weighted by molar-refractivity contribution is -0.121. The summed E-state index contributed by atoms with van der Waals surface area (Å²) in [4.78, 5) is 11.7. The van der Waals surface area contributed by atoms with E-state index in [0.717, 1.165) is 25.1 Å². The zero-order chi connectivity index (χ0) is 14.2. The molecular weight excluding hydrogens is 252 g/mol. The molecule has 1 aromatic carbocycles. The van der Waals surface area contributed by atoms with Crippen molar-refractivity contribution < 1.29 is 9.53 Å². The standard InChI is InChI=1S/C16H24N2O2/c1-20-15-6-2-4-13(12-15)9-11-18-16(19)8-7-14-5-3-10-17-14/h2,4,6,12,14,17H,3,5,7-11H2,1H3,(H,18,19). The molecule has 4 nitrogen and oxygen atoms in total. The van der Waals surface area contributed by atoms with Gasteiger partial charge in [0.1, 0.15) is 5.75 Å². The van der Waals surface area contributed by atoms with Gasteiger partial charge in [-0.3, -0.25) is 4.79 Å². The van der Waals surface area contributed by atoms with E-state index in [1.165, 1.54) is 18.4 Å². The summed E-state index contributed by atoms with van der Waals surface area (Å²) in [5.74, 6) is 1.02. The van der Waals surface area contributed by atoms with Crippen molar-refractivity contribution in [2.75, 3.05) is 20.2 Å². The van der Waals surface area contributed by atoms with Gasteiger partial charge < -0.3 is 15.4 Å². The molecule has 4 heteroatoms. The summed E-state index contributed by atoms with van der Waals surface area (Å²) in [6.07, 6.45) is 4.85. The van der Waals surface area contributed by atoms with E-state index < -0.39 is 0 Å². The van der Waals surface area contributed by atoms with Crippen molar-refractivity contribution in [3.8, 4) is 5.75 Å². The molecule has 1 aliphatic rings. The predicted molar refractivity (Wildman–Crippen MR) is 80.0 cm³/mol. The third-order valence-corrected chi connectivity index (χ3v) is 3.75. The van der Waals surface area contributed by atoms with Crippen molar-refractivity contribution in [1.82, 2.24) is 10.6 Å². The van der Waals surface area contributed by atoms with E-state index in [4.69, 9.17) is 4.74 Å². The maximum Gasteiger partial charge on any atom is 0.220 e. The van der Waals surface area contributed by atoms with Crippen molar-refractivity contribution in [2.24, 2.45) is 0 Å². The third kappa shape index (κ3) is 4.85. The van der Waals surface area contributed by atoms with Crippen molar-refractivity contribution >= 4 is 5.91 Å². The predicted octanol–water partition coefficient (Wildman–Crippen LogP) is 1.89. The Bertz CT molecular complexity index is 428.